The molecule has 3 N–H and O–H groups in total. The molecule has 9 heteroatoms. The van der Waals surface area contributed by atoms with E-state index in [4.69, 9.17) is 10.8 Å². The summed E-state index contributed by atoms with van der Waals surface area (Å²) in [5.74, 6) is -3.55. The van der Waals surface area contributed by atoms with Crippen LogP contribution in [0.5, 0.6) is 0 Å². The maximum absolute atomic E-state index is 13.6. The molecule has 0 heterocycles. The number of nitrogens with zero attached hydrogens (tertiary/aromatic N) is 1. The van der Waals surface area contributed by atoms with Crippen molar-refractivity contribution in [1.82, 2.24) is 4.31 Å². The number of halogens is 1. The highest BCUT2D eigenvalue weighted by Crippen LogP contribution is 2.20. The molecule has 0 fully saturated rings. The van der Waals surface area contributed by atoms with Crippen LogP contribution in [0.15, 0.2) is 23.1 Å². The average Bonchev–Trinajstić information content (AvgIpc) is 2.30. The first-order chi connectivity index (χ1) is 9.14. The Kier molecular flexibility index (Phi) is 4.79. The minimum Gasteiger partial charge on any atom is -0.480 e. The van der Waals surface area contributed by atoms with Crippen molar-refractivity contribution in [2.24, 2.45) is 5.73 Å². The molecule has 1 rings (SSSR count). The van der Waals surface area contributed by atoms with Gasteiger partial charge in [-0.1, -0.05) is 6.07 Å². The number of aryl methyl sites for hydroxylation is 1. The van der Waals surface area contributed by atoms with Crippen LogP contribution >= 0.6 is 0 Å². The summed E-state index contributed by atoms with van der Waals surface area (Å²) < 4.78 is 38.3. The number of hydrogen-bond acceptors (Lipinski definition) is 4. The van der Waals surface area contributed by atoms with Gasteiger partial charge in [0.1, 0.15) is 17.3 Å². The minimum absolute atomic E-state index is 0.315. The third-order valence-corrected chi connectivity index (χ3v) is 4.16. The SMILES string of the molecule is Cc1ccc(F)c(S(=O)(=O)N(CC(N)=O)CC(=O)O)c1. The zero-order chi connectivity index (χ0) is 15.5. The Morgan fingerprint density at radius 1 is 1.35 bits per heavy atom. The van der Waals surface area contributed by atoms with E-state index >= 15 is 0 Å². The van der Waals surface area contributed by atoms with Crippen molar-refractivity contribution in [3.63, 3.8) is 0 Å². The number of hydrogen-bond donors (Lipinski definition) is 2. The Morgan fingerprint density at radius 3 is 2.45 bits per heavy atom. The van der Waals surface area contributed by atoms with Crippen LogP contribution in [0.3, 0.4) is 0 Å². The van der Waals surface area contributed by atoms with E-state index < -0.39 is 45.7 Å². The smallest absolute Gasteiger partial charge is 0.318 e. The van der Waals surface area contributed by atoms with E-state index in [9.17, 15) is 22.4 Å². The number of primary amides is 1. The molecule has 0 aliphatic rings. The molecule has 0 saturated carbocycles. The number of carbonyl (C=O) groups excluding carboxylic acids is 1. The summed E-state index contributed by atoms with van der Waals surface area (Å²) in [6.45, 7) is -0.283. The van der Waals surface area contributed by atoms with Gasteiger partial charge in [-0.15, -0.1) is 0 Å². The fourth-order valence-electron chi connectivity index (χ4n) is 1.50. The molecule has 20 heavy (non-hydrogen) atoms. The second kappa shape index (κ2) is 5.97. The fourth-order valence-corrected chi connectivity index (χ4v) is 3.00. The van der Waals surface area contributed by atoms with Gasteiger partial charge in [-0.3, -0.25) is 9.59 Å². The molecule has 1 aromatic carbocycles. The summed E-state index contributed by atoms with van der Waals surface area (Å²) in [6.07, 6.45) is 0. The largest absolute Gasteiger partial charge is 0.480 e. The first kappa shape index (κ1) is 16.1. The summed E-state index contributed by atoms with van der Waals surface area (Å²) in [4.78, 5) is 20.8. The van der Waals surface area contributed by atoms with Crippen LogP contribution in [0.25, 0.3) is 0 Å². The minimum atomic E-state index is -4.47. The number of carbonyl (C=O) groups is 2. The van der Waals surface area contributed by atoms with Gasteiger partial charge in [0.2, 0.25) is 15.9 Å². The highest BCUT2D eigenvalue weighted by molar-refractivity contribution is 7.89. The molecular weight excluding hydrogens is 291 g/mol. The van der Waals surface area contributed by atoms with Crippen molar-refractivity contribution in [3.05, 3.63) is 29.6 Å². The lowest BCUT2D eigenvalue weighted by atomic mass is 10.2. The van der Waals surface area contributed by atoms with E-state index in [2.05, 4.69) is 0 Å². The fraction of sp³-hybridized carbons (Fsp3) is 0.273. The molecule has 110 valence electrons. The average molecular weight is 304 g/mol. The summed E-state index contributed by atoms with van der Waals surface area (Å²) >= 11 is 0. The van der Waals surface area contributed by atoms with Crippen molar-refractivity contribution in [2.75, 3.05) is 13.1 Å². The van der Waals surface area contributed by atoms with E-state index in [-0.39, 0.29) is 0 Å². The first-order valence-corrected chi connectivity index (χ1v) is 6.85. The van der Waals surface area contributed by atoms with Gasteiger partial charge in [0.05, 0.1) is 6.54 Å². The van der Waals surface area contributed by atoms with Crippen LogP contribution in [0.2, 0.25) is 0 Å². The zero-order valence-corrected chi connectivity index (χ0v) is 11.4. The second-order valence-corrected chi connectivity index (χ2v) is 5.97. The number of carboxylic acids is 1. The van der Waals surface area contributed by atoms with Crippen molar-refractivity contribution >= 4 is 21.9 Å². The highest BCUT2D eigenvalue weighted by atomic mass is 32.2. The lowest BCUT2D eigenvalue weighted by molar-refractivity contribution is -0.137. The van der Waals surface area contributed by atoms with Gasteiger partial charge in [0.25, 0.3) is 0 Å². The molecule has 7 nitrogen and oxygen atoms in total. The molecular formula is C11H13FN2O5S. The molecule has 0 bridgehead atoms. The van der Waals surface area contributed by atoms with E-state index in [1.54, 1.807) is 6.92 Å². The van der Waals surface area contributed by atoms with Crippen LogP contribution in [0.4, 0.5) is 4.39 Å². The highest BCUT2D eigenvalue weighted by Gasteiger charge is 2.30. The molecule has 0 spiro atoms. The lowest BCUT2D eigenvalue weighted by Crippen LogP contribution is -2.41. The number of amides is 1. The van der Waals surface area contributed by atoms with Crippen molar-refractivity contribution in [2.45, 2.75) is 11.8 Å². The number of aliphatic carboxylic acids is 1. The quantitative estimate of drug-likeness (QED) is 0.747. The maximum Gasteiger partial charge on any atom is 0.318 e. The first-order valence-electron chi connectivity index (χ1n) is 5.41. The van der Waals surface area contributed by atoms with Gasteiger partial charge in [-0.05, 0) is 24.6 Å². The Morgan fingerprint density at radius 2 is 1.95 bits per heavy atom. The maximum atomic E-state index is 13.6. The van der Waals surface area contributed by atoms with Gasteiger partial charge in [0, 0.05) is 0 Å². The Bertz CT molecular complexity index is 628. The van der Waals surface area contributed by atoms with Crippen molar-refractivity contribution in [3.8, 4) is 0 Å². The second-order valence-electron chi connectivity index (χ2n) is 4.07. The molecule has 0 saturated heterocycles. The summed E-state index contributed by atoms with van der Waals surface area (Å²) in [5, 5.41) is 8.68. The summed E-state index contributed by atoms with van der Waals surface area (Å²) in [6, 6.07) is 3.37. The normalized spacial score (nSPS) is 11.6. The van der Waals surface area contributed by atoms with Gasteiger partial charge in [-0.25, -0.2) is 12.8 Å². The monoisotopic (exact) mass is 304 g/mol. The summed E-state index contributed by atoms with van der Waals surface area (Å²) in [7, 11) is -4.47. The van der Waals surface area contributed by atoms with Gasteiger partial charge < -0.3 is 10.8 Å². The number of nitrogens with two attached hydrogens (primary N) is 1. The van der Waals surface area contributed by atoms with E-state index in [1.807, 2.05) is 0 Å². The molecule has 0 atom stereocenters. The van der Waals surface area contributed by atoms with E-state index in [0.29, 0.717) is 9.87 Å². The molecule has 1 aromatic rings. The van der Waals surface area contributed by atoms with Crippen LogP contribution in [0, 0.1) is 12.7 Å². The summed E-state index contributed by atoms with van der Waals surface area (Å²) in [5.41, 5.74) is 5.35. The van der Waals surface area contributed by atoms with Crippen LogP contribution < -0.4 is 5.73 Å². The standard InChI is InChI=1S/C11H13FN2O5S/c1-7-2-3-8(12)9(4-7)20(18,19)14(5-10(13)15)6-11(16)17/h2-4H,5-6H2,1H3,(H2,13,15)(H,16,17). The van der Waals surface area contributed by atoms with Crippen molar-refractivity contribution < 1.29 is 27.5 Å². The Balaban J connectivity index is 3.31. The van der Waals surface area contributed by atoms with Gasteiger partial charge in [0.15, 0.2) is 0 Å². The number of sulfonamides is 1. The van der Waals surface area contributed by atoms with Gasteiger partial charge in [-0.2, -0.15) is 4.31 Å². The third-order valence-electron chi connectivity index (χ3n) is 2.35. The van der Waals surface area contributed by atoms with Crippen LogP contribution in [-0.2, 0) is 19.6 Å². The third kappa shape index (κ3) is 3.75. The molecule has 1 amide bonds. The van der Waals surface area contributed by atoms with Gasteiger partial charge >= 0.3 is 5.97 Å². The molecule has 0 unspecified atom stereocenters. The number of carboxylic acid groups (broad SMARTS) is 1. The topological polar surface area (TPSA) is 118 Å². The zero-order valence-electron chi connectivity index (χ0n) is 10.5. The predicted molar refractivity (Wildman–Crippen MR) is 66.7 cm³/mol. The predicted octanol–water partition coefficient (Wildman–Crippen LogP) is -0.305. The van der Waals surface area contributed by atoms with E-state index in [1.165, 1.54) is 6.07 Å². The molecule has 0 aliphatic carbocycles. The molecule has 0 radical (unpaired) electrons. The van der Waals surface area contributed by atoms with Crippen LogP contribution in [0.1, 0.15) is 5.56 Å². The number of rotatable bonds is 6. The lowest BCUT2D eigenvalue weighted by Gasteiger charge is -2.19. The van der Waals surface area contributed by atoms with Crippen molar-refractivity contribution in [1.29, 1.82) is 0 Å². The molecule has 0 aromatic heterocycles. The Labute approximate surface area is 114 Å². The number of benzene rings is 1. The van der Waals surface area contributed by atoms with Crippen LogP contribution in [-0.4, -0.2) is 42.8 Å². The Hall–Kier alpha value is -2.00. The van der Waals surface area contributed by atoms with E-state index in [0.717, 1.165) is 12.1 Å². The molecule has 0 aliphatic heterocycles.